The van der Waals surface area contributed by atoms with Gasteiger partial charge in [-0.1, -0.05) is 0 Å². The molecule has 0 spiro atoms. The van der Waals surface area contributed by atoms with E-state index in [-0.39, 0.29) is 10.8 Å². The summed E-state index contributed by atoms with van der Waals surface area (Å²) in [6.07, 6.45) is 0. The molecule has 1 aromatic rings. The normalized spacial score (nSPS) is 12.8. The minimum Gasteiger partial charge on any atom is -0.480 e. The number of aryl methyl sites for hydroxylation is 1. The molecule has 0 saturated heterocycles. The third-order valence-corrected chi connectivity index (χ3v) is 4.91. The van der Waals surface area contributed by atoms with Crippen molar-refractivity contribution in [3.8, 4) is 0 Å². The van der Waals surface area contributed by atoms with Crippen LogP contribution < -0.4 is 10.0 Å². The van der Waals surface area contributed by atoms with Gasteiger partial charge in [0, 0.05) is 11.4 Å². The van der Waals surface area contributed by atoms with Crippen molar-refractivity contribution in [3.05, 3.63) is 22.2 Å². The summed E-state index contributed by atoms with van der Waals surface area (Å²) < 4.78 is 26.8. The number of hydrogen-bond donors (Lipinski definition) is 3. The number of amides is 1. The van der Waals surface area contributed by atoms with E-state index in [0.29, 0.717) is 15.7 Å². The molecule has 0 heterocycles. The van der Waals surface area contributed by atoms with Crippen molar-refractivity contribution < 1.29 is 23.1 Å². The molecule has 1 atom stereocenters. The Kier molecular flexibility index (Phi) is 5.48. The predicted molar refractivity (Wildman–Crippen MR) is 80.6 cm³/mol. The standard InChI is InChI=1S/C12H15BrN2O5S/c1-6-4-10(14-8(3)16)9(13)5-11(6)21(19,20)15-7(2)12(17)18/h4-5,7,15H,1-3H3,(H,14,16)(H,17,18)/t7-/m0/s1. The van der Waals surface area contributed by atoms with Gasteiger partial charge in [-0.25, -0.2) is 8.42 Å². The summed E-state index contributed by atoms with van der Waals surface area (Å²) >= 11 is 3.17. The van der Waals surface area contributed by atoms with Crippen molar-refractivity contribution >= 4 is 43.5 Å². The SMILES string of the molecule is CC(=O)Nc1cc(C)c(S(=O)(=O)N[C@@H](C)C(=O)O)cc1Br. The van der Waals surface area contributed by atoms with Crippen molar-refractivity contribution in [2.45, 2.75) is 31.7 Å². The number of hydrogen-bond acceptors (Lipinski definition) is 4. The van der Waals surface area contributed by atoms with Crippen molar-refractivity contribution in [2.24, 2.45) is 0 Å². The van der Waals surface area contributed by atoms with Gasteiger partial charge in [-0.2, -0.15) is 4.72 Å². The Balaban J connectivity index is 3.22. The molecule has 116 valence electrons. The van der Waals surface area contributed by atoms with Crippen LogP contribution in [0.2, 0.25) is 0 Å². The molecule has 0 fully saturated rings. The number of halogens is 1. The fourth-order valence-electron chi connectivity index (χ4n) is 1.58. The molecular weight excluding hydrogens is 364 g/mol. The van der Waals surface area contributed by atoms with Gasteiger partial charge in [-0.05, 0) is 47.5 Å². The summed E-state index contributed by atoms with van der Waals surface area (Å²) in [5.41, 5.74) is 0.817. The first kappa shape index (κ1) is 17.6. The zero-order valence-electron chi connectivity index (χ0n) is 11.6. The van der Waals surface area contributed by atoms with E-state index in [4.69, 9.17) is 5.11 Å². The topological polar surface area (TPSA) is 113 Å². The third kappa shape index (κ3) is 4.51. The lowest BCUT2D eigenvalue weighted by Crippen LogP contribution is -2.38. The molecule has 0 saturated carbocycles. The summed E-state index contributed by atoms with van der Waals surface area (Å²) in [5, 5.41) is 11.3. The largest absolute Gasteiger partial charge is 0.480 e. The van der Waals surface area contributed by atoms with Crippen LogP contribution >= 0.6 is 15.9 Å². The summed E-state index contributed by atoms with van der Waals surface area (Å²) in [6.45, 7) is 4.12. The van der Waals surface area contributed by atoms with E-state index < -0.39 is 22.0 Å². The maximum Gasteiger partial charge on any atom is 0.321 e. The van der Waals surface area contributed by atoms with E-state index in [1.165, 1.54) is 26.0 Å². The Bertz CT molecular complexity index is 687. The molecule has 0 aliphatic rings. The molecule has 0 unspecified atom stereocenters. The number of anilines is 1. The van der Waals surface area contributed by atoms with Gasteiger partial charge >= 0.3 is 5.97 Å². The highest BCUT2D eigenvalue weighted by Gasteiger charge is 2.24. The zero-order chi connectivity index (χ0) is 16.4. The first-order valence-corrected chi connectivity index (χ1v) is 8.15. The average molecular weight is 379 g/mol. The molecule has 7 nitrogen and oxygen atoms in total. The molecule has 0 aliphatic carbocycles. The molecule has 1 amide bonds. The highest BCUT2D eigenvalue weighted by Crippen LogP contribution is 2.29. The average Bonchev–Trinajstić information content (AvgIpc) is 2.31. The number of carboxylic acid groups (broad SMARTS) is 1. The lowest BCUT2D eigenvalue weighted by Gasteiger charge is -2.14. The smallest absolute Gasteiger partial charge is 0.321 e. The van der Waals surface area contributed by atoms with Crippen LogP contribution in [-0.4, -0.2) is 31.4 Å². The Morgan fingerprint density at radius 3 is 2.38 bits per heavy atom. The van der Waals surface area contributed by atoms with Gasteiger partial charge in [0.2, 0.25) is 15.9 Å². The fraction of sp³-hybridized carbons (Fsp3) is 0.333. The maximum absolute atomic E-state index is 12.2. The molecule has 0 bridgehead atoms. The van der Waals surface area contributed by atoms with Crippen LogP contribution in [0.5, 0.6) is 0 Å². The van der Waals surface area contributed by atoms with E-state index in [1.807, 2.05) is 0 Å². The Morgan fingerprint density at radius 1 is 1.33 bits per heavy atom. The van der Waals surface area contributed by atoms with Crippen molar-refractivity contribution in [2.75, 3.05) is 5.32 Å². The van der Waals surface area contributed by atoms with Gasteiger partial charge < -0.3 is 10.4 Å². The minimum absolute atomic E-state index is 0.0587. The molecule has 0 radical (unpaired) electrons. The van der Waals surface area contributed by atoms with Crippen LogP contribution in [0.3, 0.4) is 0 Å². The van der Waals surface area contributed by atoms with E-state index in [2.05, 4.69) is 26.0 Å². The number of rotatable bonds is 5. The number of carbonyl (C=O) groups is 2. The Labute approximate surface area is 130 Å². The van der Waals surface area contributed by atoms with Gasteiger partial charge in [-0.15, -0.1) is 0 Å². The predicted octanol–water partition coefficient (Wildman–Crippen LogP) is 1.47. The van der Waals surface area contributed by atoms with E-state index in [1.54, 1.807) is 6.92 Å². The summed E-state index contributed by atoms with van der Waals surface area (Å²) in [4.78, 5) is 21.7. The number of carboxylic acids is 1. The summed E-state index contributed by atoms with van der Waals surface area (Å²) in [6, 6.07) is 1.56. The van der Waals surface area contributed by atoms with Crippen LogP contribution in [0.4, 0.5) is 5.69 Å². The fourth-order valence-corrected chi connectivity index (χ4v) is 3.63. The van der Waals surface area contributed by atoms with Crippen LogP contribution in [0.15, 0.2) is 21.5 Å². The zero-order valence-corrected chi connectivity index (χ0v) is 14.0. The van der Waals surface area contributed by atoms with Crippen LogP contribution in [0.1, 0.15) is 19.4 Å². The second-order valence-corrected chi connectivity index (χ2v) is 7.00. The number of benzene rings is 1. The highest BCUT2D eigenvalue weighted by molar-refractivity contribution is 9.10. The van der Waals surface area contributed by atoms with E-state index >= 15 is 0 Å². The van der Waals surface area contributed by atoms with Crippen LogP contribution in [0.25, 0.3) is 0 Å². The van der Waals surface area contributed by atoms with Crippen molar-refractivity contribution in [1.82, 2.24) is 4.72 Å². The molecule has 1 rings (SSSR count). The second kappa shape index (κ2) is 6.54. The second-order valence-electron chi connectivity index (χ2n) is 4.46. The minimum atomic E-state index is -3.98. The molecule has 21 heavy (non-hydrogen) atoms. The maximum atomic E-state index is 12.2. The molecule has 0 aliphatic heterocycles. The van der Waals surface area contributed by atoms with Crippen LogP contribution in [-0.2, 0) is 19.6 Å². The van der Waals surface area contributed by atoms with Gasteiger partial charge in [0.15, 0.2) is 0 Å². The lowest BCUT2D eigenvalue weighted by atomic mass is 10.2. The van der Waals surface area contributed by atoms with Gasteiger partial charge in [0.1, 0.15) is 6.04 Å². The molecular formula is C12H15BrN2O5S. The number of nitrogens with one attached hydrogen (secondary N) is 2. The quantitative estimate of drug-likeness (QED) is 0.717. The summed E-state index contributed by atoms with van der Waals surface area (Å²) in [5.74, 6) is -1.56. The van der Waals surface area contributed by atoms with E-state index in [0.717, 1.165) is 0 Å². The lowest BCUT2D eigenvalue weighted by molar-refractivity contribution is -0.138. The van der Waals surface area contributed by atoms with Crippen LogP contribution in [0, 0.1) is 6.92 Å². The highest BCUT2D eigenvalue weighted by atomic mass is 79.9. The van der Waals surface area contributed by atoms with Gasteiger partial charge in [-0.3, -0.25) is 9.59 Å². The number of aliphatic carboxylic acids is 1. The van der Waals surface area contributed by atoms with Crippen molar-refractivity contribution in [3.63, 3.8) is 0 Å². The number of carbonyl (C=O) groups excluding carboxylic acids is 1. The molecule has 0 aromatic heterocycles. The third-order valence-electron chi connectivity index (χ3n) is 2.57. The van der Waals surface area contributed by atoms with Gasteiger partial charge in [0.05, 0.1) is 10.6 Å². The Hall–Kier alpha value is -1.45. The first-order valence-electron chi connectivity index (χ1n) is 5.87. The number of sulfonamides is 1. The van der Waals surface area contributed by atoms with Gasteiger partial charge in [0.25, 0.3) is 0 Å². The molecule has 1 aromatic carbocycles. The Morgan fingerprint density at radius 2 is 1.90 bits per heavy atom. The first-order chi connectivity index (χ1) is 9.54. The monoisotopic (exact) mass is 378 g/mol. The molecule has 9 heteroatoms. The molecule has 3 N–H and O–H groups in total. The summed E-state index contributed by atoms with van der Waals surface area (Å²) in [7, 11) is -3.98. The van der Waals surface area contributed by atoms with E-state index in [9.17, 15) is 18.0 Å². The van der Waals surface area contributed by atoms with Crippen molar-refractivity contribution in [1.29, 1.82) is 0 Å².